The van der Waals surface area contributed by atoms with Crippen molar-refractivity contribution in [3.05, 3.63) is 47.1 Å². The number of amides is 1. The molecule has 0 aliphatic carbocycles. The van der Waals surface area contributed by atoms with Gasteiger partial charge in [0.2, 0.25) is 0 Å². The number of anilines is 2. The average Bonchev–Trinajstić information content (AvgIpc) is 2.48. The molecule has 20 heavy (non-hydrogen) atoms. The van der Waals surface area contributed by atoms with Gasteiger partial charge in [0.05, 0.1) is 11.3 Å². The Kier molecular flexibility index (Phi) is 4.81. The number of halogens is 1. The zero-order valence-electron chi connectivity index (χ0n) is 11.0. The number of nitrogens with zero attached hydrogens (tertiary/aromatic N) is 3. The summed E-state index contributed by atoms with van der Waals surface area (Å²) in [6, 6.07) is 10.5. The van der Waals surface area contributed by atoms with Crippen LogP contribution in [0.5, 0.6) is 0 Å². The molecule has 0 unspecified atom stereocenters. The van der Waals surface area contributed by atoms with E-state index in [-0.39, 0.29) is 11.1 Å². The molecule has 7 heteroatoms. The number of benzene rings is 1. The van der Waals surface area contributed by atoms with E-state index >= 15 is 0 Å². The van der Waals surface area contributed by atoms with Crippen LogP contribution in [0.4, 0.5) is 11.5 Å². The van der Waals surface area contributed by atoms with Crippen molar-refractivity contribution >= 4 is 41.0 Å². The molecule has 0 saturated carbocycles. The predicted molar refractivity (Wildman–Crippen MR) is 83.4 cm³/mol. The SMILES string of the molecule is CSN(C)c1ccccc1C(=O)Nc1ccc(Cl)nn1. The Bertz CT molecular complexity index is 606. The lowest BCUT2D eigenvalue weighted by atomic mass is 10.1. The average molecular weight is 309 g/mol. The third kappa shape index (κ3) is 3.40. The second-order valence-corrected chi connectivity index (χ2v) is 5.19. The normalized spacial score (nSPS) is 10.2. The first kappa shape index (κ1) is 14.6. The number of para-hydroxylation sites is 1. The fraction of sp³-hybridized carbons (Fsp3) is 0.154. The van der Waals surface area contributed by atoms with Gasteiger partial charge in [0.15, 0.2) is 11.0 Å². The summed E-state index contributed by atoms with van der Waals surface area (Å²) in [4.78, 5) is 12.3. The topological polar surface area (TPSA) is 58.1 Å². The van der Waals surface area contributed by atoms with E-state index in [0.29, 0.717) is 11.4 Å². The number of hydrogen-bond acceptors (Lipinski definition) is 5. The predicted octanol–water partition coefficient (Wildman–Crippen LogP) is 3.10. The number of rotatable bonds is 4. The molecule has 0 atom stereocenters. The number of aromatic nitrogens is 2. The molecule has 2 rings (SSSR count). The highest BCUT2D eigenvalue weighted by Gasteiger charge is 2.14. The molecule has 0 aliphatic rings. The summed E-state index contributed by atoms with van der Waals surface area (Å²) < 4.78 is 1.92. The van der Waals surface area contributed by atoms with Gasteiger partial charge in [-0.25, -0.2) is 0 Å². The van der Waals surface area contributed by atoms with Gasteiger partial charge >= 0.3 is 0 Å². The molecule has 1 aromatic carbocycles. The van der Waals surface area contributed by atoms with Gasteiger partial charge in [-0.05, 0) is 24.3 Å². The lowest BCUT2D eigenvalue weighted by Gasteiger charge is -2.18. The van der Waals surface area contributed by atoms with Gasteiger partial charge in [-0.3, -0.25) is 4.79 Å². The zero-order chi connectivity index (χ0) is 14.5. The second kappa shape index (κ2) is 6.58. The van der Waals surface area contributed by atoms with Crippen molar-refractivity contribution in [3.63, 3.8) is 0 Å². The molecule has 5 nitrogen and oxygen atoms in total. The van der Waals surface area contributed by atoms with Crippen LogP contribution >= 0.6 is 23.5 Å². The highest BCUT2D eigenvalue weighted by Crippen LogP contribution is 2.24. The summed E-state index contributed by atoms with van der Waals surface area (Å²) in [5, 5.41) is 10.5. The zero-order valence-corrected chi connectivity index (χ0v) is 12.6. The van der Waals surface area contributed by atoms with Gasteiger partial charge in [-0.1, -0.05) is 35.7 Å². The Labute approximate surface area is 126 Å². The maximum absolute atomic E-state index is 12.3. The van der Waals surface area contributed by atoms with E-state index in [1.54, 1.807) is 18.2 Å². The third-order valence-electron chi connectivity index (χ3n) is 2.64. The Morgan fingerprint density at radius 1 is 1.25 bits per heavy atom. The molecular weight excluding hydrogens is 296 g/mol. The quantitative estimate of drug-likeness (QED) is 0.880. The molecule has 0 fully saturated rings. The third-order valence-corrected chi connectivity index (χ3v) is 3.58. The minimum absolute atomic E-state index is 0.238. The monoisotopic (exact) mass is 308 g/mol. The van der Waals surface area contributed by atoms with Gasteiger partial charge in [0.1, 0.15) is 0 Å². The van der Waals surface area contributed by atoms with Crippen LogP contribution in [0, 0.1) is 0 Å². The van der Waals surface area contributed by atoms with Gasteiger partial charge in [-0.15, -0.1) is 10.2 Å². The smallest absolute Gasteiger partial charge is 0.258 e. The van der Waals surface area contributed by atoms with Crippen LogP contribution in [-0.4, -0.2) is 29.4 Å². The molecule has 0 radical (unpaired) electrons. The lowest BCUT2D eigenvalue weighted by Crippen LogP contribution is -2.17. The number of nitrogens with one attached hydrogen (secondary N) is 1. The van der Waals surface area contributed by atoms with Gasteiger partial charge in [0.25, 0.3) is 5.91 Å². The van der Waals surface area contributed by atoms with Crippen LogP contribution in [0.1, 0.15) is 10.4 Å². The standard InChI is InChI=1S/C13H13ClN4OS/c1-18(20-2)10-6-4-3-5-9(10)13(19)15-12-8-7-11(14)16-17-12/h3-8H,1-2H3,(H,15,17,19). The summed E-state index contributed by atoms with van der Waals surface area (Å²) in [6.07, 6.45) is 1.94. The number of hydrogen-bond donors (Lipinski definition) is 1. The lowest BCUT2D eigenvalue weighted by molar-refractivity contribution is 0.102. The van der Waals surface area contributed by atoms with E-state index in [4.69, 9.17) is 11.6 Å². The van der Waals surface area contributed by atoms with Crippen molar-refractivity contribution in [2.45, 2.75) is 0 Å². The van der Waals surface area contributed by atoms with Gasteiger partial charge in [-0.2, -0.15) is 0 Å². The van der Waals surface area contributed by atoms with Crippen molar-refractivity contribution in [1.29, 1.82) is 0 Å². The molecule has 1 N–H and O–H groups in total. The minimum Gasteiger partial charge on any atom is -0.319 e. The Hall–Kier alpha value is -1.79. The molecule has 104 valence electrons. The van der Waals surface area contributed by atoms with Crippen molar-refractivity contribution in [1.82, 2.24) is 10.2 Å². The Balaban J connectivity index is 2.23. The second-order valence-electron chi connectivity index (χ2n) is 3.89. The van der Waals surface area contributed by atoms with E-state index in [9.17, 15) is 4.79 Å². The summed E-state index contributed by atoms with van der Waals surface area (Å²) in [5.41, 5.74) is 1.40. The summed E-state index contributed by atoms with van der Waals surface area (Å²) in [6.45, 7) is 0. The first-order chi connectivity index (χ1) is 9.61. The molecule has 1 amide bonds. The molecule has 0 spiro atoms. The molecule has 0 bridgehead atoms. The summed E-state index contributed by atoms with van der Waals surface area (Å²) >= 11 is 7.18. The fourth-order valence-electron chi connectivity index (χ4n) is 1.60. The molecule has 2 aromatic rings. The van der Waals surface area contributed by atoms with Gasteiger partial charge in [0, 0.05) is 13.3 Å². The van der Waals surface area contributed by atoms with Crippen molar-refractivity contribution in [3.8, 4) is 0 Å². The van der Waals surface area contributed by atoms with E-state index in [1.807, 2.05) is 35.8 Å². The maximum Gasteiger partial charge on any atom is 0.258 e. The van der Waals surface area contributed by atoms with Crippen LogP contribution in [0.25, 0.3) is 0 Å². The van der Waals surface area contributed by atoms with Crippen LogP contribution in [0.15, 0.2) is 36.4 Å². The first-order valence-electron chi connectivity index (χ1n) is 5.79. The number of carbonyl (C=O) groups is 1. The largest absolute Gasteiger partial charge is 0.319 e. The van der Waals surface area contributed by atoms with Crippen molar-refractivity contribution in [2.24, 2.45) is 0 Å². The van der Waals surface area contributed by atoms with Crippen LogP contribution in [-0.2, 0) is 0 Å². The molecular formula is C13H13ClN4OS. The fourth-order valence-corrected chi connectivity index (χ4v) is 2.06. The molecule has 0 aliphatic heterocycles. The summed E-state index contributed by atoms with van der Waals surface area (Å²) in [5.74, 6) is 0.124. The van der Waals surface area contributed by atoms with Crippen molar-refractivity contribution in [2.75, 3.05) is 22.9 Å². The minimum atomic E-state index is -0.238. The van der Waals surface area contributed by atoms with E-state index in [0.717, 1.165) is 5.69 Å². The highest BCUT2D eigenvalue weighted by atomic mass is 35.5. The van der Waals surface area contributed by atoms with E-state index in [1.165, 1.54) is 11.9 Å². The van der Waals surface area contributed by atoms with Gasteiger partial charge < -0.3 is 9.62 Å². The Morgan fingerprint density at radius 2 is 2.00 bits per heavy atom. The highest BCUT2D eigenvalue weighted by molar-refractivity contribution is 7.99. The van der Waals surface area contributed by atoms with E-state index in [2.05, 4.69) is 15.5 Å². The molecule has 1 aromatic heterocycles. The number of carbonyl (C=O) groups excluding carboxylic acids is 1. The summed E-state index contributed by atoms with van der Waals surface area (Å²) in [7, 11) is 1.90. The van der Waals surface area contributed by atoms with Crippen LogP contribution in [0.3, 0.4) is 0 Å². The molecule has 0 saturated heterocycles. The van der Waals surface area contributed by atoms with Crippen LogP contribution < -0.4 is 9.62 Å². The van der Waals surface area contributed by atoms with E-state index < -0.39 is 0 Å². The molecule has 1 heterocycles. The Morgan fingerprint density at radius 3 is 2.65 bits per heavy atom. The first-order valence-corrected chi connectivity index (χ1v) is 7.35. The van der Waals surface area contributed by atoms with Crippen LogP contribution in [0.2, 0.25) is 5.15 Å². The van der Waals surface area contributed by atoms with Crippen molar-refractivity contribution < 1.29 is 4.79 Å². The maximum atomic E-state index is 12.3.